The Morgan fingerprint density at radius 2 is 2.50 bits per heavy atom. The van der Waals surface area contributed by atoms with Gasteiger partial charge >= 0.3 is 0 Å². The zero-order chi connectivity index (χ0) is 8.39. The van der Waals surface area contributed by atoms with Crippen LogP contribution < -0.4 is 0 Å². The van der Waals surface area contributed by atoms with Crippen molar-refractivity contribution in [2.75, 3.05) is 6.61 Å². The molecule has 0 N–H and O–H groups in total. The Balaban J connectivity index is 2.08. The van der Waals surface area contributed by atoms with Crippen molar-refractivity contribution >= 4 is 11.6 Å². The molecule has 0 unspecified atom stereocenters. The van der Waals surface area contributed by atoms with E-state index in [9.17, 15) is 0 Å². The number of ether oxygens (including phenoxy) is 1. The summed E-state index contributed by atoms with van der Waals surface area (Å²) in [5, 5.41) is 4.77. The first-order valence-corrected chi connectivity index (χ1v) is 4.55. The first kappa shape index (κ1) is 8.08. The summed E-state index contributed by atoms with van der Waals surface area (Å²) in [4.78, 5) is 0. The summed E-state index contributed by atoms with van der Waals surface area (Å²) in [7, 11) is 0. The molecule has 1 fully saturated rings. The fourth-order valence-corrected chi connectivity index (χ4v) is 1.55. The quantitative estimate of drug-likeness (QED) is 0.673. The Morgan fingerprint density at radius 3 is 3.08 bits per heavy atom. The van der Waals surface area contributed by atoms with E-state index in [1.54, 1.807) is 17.1 Å². The largest absolute Gasteiger partial charge is 0.357 e. The first-order chi connectivity index (χ1) is 5.86. The van der Waals surface area contributed by atoms with Crippen LogP contribution in [0, 0.1) is 0 Å². The second-order valence-corrected chi connectivity index (χ2v) is 3.40. The van der Waals surface area contributed by atoms with E-state index in [1.807, 2.05) is 0 Å². The lowest BCUT2D eigenvalue weighted by Gasteiger charge is -2.22. The van der Waals surface area contributed by atoms with Crippen LogP contribution >= 0.6 is 11.6 Å². The topological polar surface area (TPSA) is 27.1 Å². The second kappa shape index (κ2) is 3.46. The molecule has 0 aliphatic carbocycles. The van der Waals surface area contributed by atoms with E-state index < -0.39 is 0 Å². The van der Waals surface area contributed by atoms with Gasteiger partial charge < -0.3 is 4.74 Å². The van der Waals surface area contributed by atoms with Crippen molar-refractivity contribution in [3.8, 4) is 0 Å². The van der Waals surface area contributed by atoms with Gasteiger partial charge in [-0.05, 0) is 19.3 Å². The van der Waals surface area contributed by atoms with E-state index >= 15 is 0 Å². The van der Waals surface area contributed by atoms with Crippen molar-refractivity contribution in [3.63, 3.8) is 0 Å². The molecule has 1 aliphatic heterocycles. The van der Waals surface area contributed by atoms with Crippen LogP contribution in [-0.2, 0) is 4.74 Å². The molecule has 2 heterocycles. The average molecular weight is 187 g/mol. The van der Waals surface area contributed by atoms with Crippen LogP contribution in [0.5, 0.6) is 0 Å². The molecular formula is C8H11ClN2O. The summed E-state index contributed by atoms with van der Waals surface area (Å²) in [6.07, 6.45) is 6.95. The number of halogens is 1. The van der Waals surface area contributed by atoms with Gasteiger partial charge in [0, 0.05) is 12.8 Å². The summed E-state index contributed by atoms with van der Waals surface area (Å²) in [6, 6.07) is 0. The van der Waals surface area contributed by atoms with Gasteiger partial charge in [0.2, 0.25) is 0 Å². The van der Waals surface area contributed by atoms with E-state index in [4.69, 9.17) is 16.3 Å². The van der Waals surface area contributed by atoms with E-state index in [0.717, 1.165) is 19.4 Å². The highest BCUT2D eigenvalue weighted by atomic mass is 35.5. The molecule has 12 heavy (non-hydrogen) atoms. The van der Waals surface area contributed by atoms with Gasteiger partial charge in [-0.3, -0.25) is 0 Å². The van der Waals surface area contributed by atoms with Gasteiger partial charge in [-0.1, -0.05) is 11.6 Å². The van der Waals surface area contributed by atoms with Gasteiger partial charge in [0.25, 0.3) is 0 Å². The zero-order valence-electron chi connectivity index (χ0n) is 6.74. The van der Waals surface area contributed by atoms with Gasteiger partial charge in [-0.15, -0.1) is 0 Å². The Kier molecular flexibility index (Phi) is 2.33. The molecule has 1 saturated heterocycles. The molecule has 0 aromatic carbocycles. The third-order valence-corrected chi connectivity index (χ3v) is 2.22. The molecule has 1 atom stereocenters. The second-order valence-electron chi connectivity index (χ2n) is 2.96. The third kappa shape index (κ3) is 1.62. The molecule has 0 spiro atoms. The summed E-state index contributed by atoms with van der Waals surface area (Å²) in [5.74, 6) is 0. The monoisotopic (exact) mass is 186 g/mol. The summed E-state index contributed by atoms with van der Waals surface area (Å²) < 4.78 is 7.31. The molecule has 1 aliphatic rings. The van der Waals surface area contributed by atoms with Gasteiger partial charge in [0.05, 0.1) is 11.2 Å². The van der Waals surface area contributed by atoms with Gasteiger partial charge in [0.1, 0.15) is 6.23 Å². The van der Waals surface area contributed by atoms with Crippen LogP contribution in [0.25, 0.3) is 0 Å². The molecule has 66 valence electrons. The molecule has 3 nitrogen and oxygen atoms in total. The summed E-state index contributed by atoms with van der Waals surface area (Å²) in [6.45, 7) is 0.835. The van der Waals surface area contributed by atoms with Gasteiger partial charge in [-0.2, -0.15) is 5.10 Å². The van der Waals surface area contributed by atoms with Crippen molar-refractivity contribution in [3.05, 3.63) is 17.4 Å². The van der Waals surface area contributed by atoms with Crippen molar-refractivity contribution in [2.24, 2.45) is 0 Å². The number of hydrogen-bond donors (Lipinski definition) is 0. The maximum absolute atomic E-state index is 5.74. The predicted octanol–water partition coefficient (Wildman–Crippen LogP) is 2.24. The van der Waals surface area contributed by atoms with Gasteiger partial charge in [0.15, 0.2) is 0 Å². The summed E-state index contributed by atoms with van der Waals surface area (Å²) in [5.41, 5.74) is 0. The van der Waals surface area contributed by atoms with Crippen LogP contribution in [0.15, 0.2) is 12.4 Å². The number of rotatable bonds is 1. The third-order valence-electron chi connectivity index (χ3n) is 2.02. The van der Waals surface area contributed by atoms with Crippen LogP contribution in [0.1, 0.15) is 25.5 Å². The summed E-state index contributed by atoms with van der Waals surface area (Å²) >= 11 is 5.74. The lowest BCUT2D eigenvalue weighted by molar-refractivity contribution is -0.0394. The molecule has 1 aromatic rings. The molecule has 0 bridgehead atoms. The smallest absolute Gasteiger partial charge is 0.150 e. The molecule has 0 amide bonds. The van der Waals surface area contributed by atoms with Gasteiger partial charge in [-0.25, -0.2) is 4.68 Å². The van der Waals surface area contributed by atoms with Crippen LogP contribution in [0.4, 0.5) is 0 Å². The predicted molar refractivity (Wildman–Crippen MR) is 46.1 cm³/mol. The van der Waals surface area contributed by atoms with Crippen molar-refractivity contribution in [1.29, 1.82) is 0 Å². The Labute approximate surface area is 76.3 Å². The number of aromatic nitrogens is 2. The fourth-order valence-electron chi connectivity index (χ4n) is 1.40. The Morgan fingerprint density at radius 1 is 1.58 bits per heavy atom. The van der Waals surface area contributed by atoms with E-state index in [2.05, 4.69) is 5.10 Å². The Hall–Kier alpha value is -0.540. The number of hydrogen-bond acceptors (Lipinski definition) is 2. The van der Waals surface area contributed by atoms with E-state index in [1.165, 1.54) is 6.42 Å². The molecule has 2 rings (SSSR count). The lowest BCUT2D eigenvalue weighted by atomic mass is 10.2. The highest BCUT2D eigenvalue weighted by Crippen LogP contribution is 2.22. The molecule has 1 aromatic heterocycles. The molecular weight excluding hydrogens is 176 g/mol. The highest BCUT2D eigenvalue weighted by molar-refractivity contribution is 6.30. The molecule has 0 saturated carbocycles. The minimum atomic E-state index is 0.103. The van der Waals surface area contributed by atoms with Crippen LogP contribution in [0.3, 0.4) is 0 Å². The number of nitrogens with zero attached hydrogens (tertiary/aromatic N) is 2. The highest BCUT2D eigenvalue weighted by Gasteiger charge is 2.15. The lowest BCUT2D eigenvalue weighted by Crippen LogP contribution is -2.18. The maximum Gasteiger partial charge on any atom is 0.150 e. The Bertz CT molecular complexity index is 255. The minimum absolute atomic E-state index is 0.103. The van der Waals surface area contributed by atoms with Crippen molar-refractivity contribution in [2.45, 2.75) is 25.5 Å². The van der Waals surface area contributed by atoms with Crippen molar-refractivity contribution in [1.82, 2.24) is 9.78 Å². The maximum atomic E-state index is 5.74. The van der Waals surface area contributed by atoms with E-state index in [0.29, 0.717) is 5.02 Å². The van der Waals surface area contributed by atoms with Crippen LogP contribution in [-0.4, -0.2) is 16.4 Å². The average Bonchev–Trinajstić information content (AvgIpc) is 2.54. The SMILES string of the molecule is Clc1cnn([C@@H]2CCCCO2)c1. The zero-order valence-corrected chi connectivity index (χ0v) is 7.50. The minimum Gasteiger partial charge on any atom is -0.357 e. The molecule has 0 radical (unpaired) electrons. The van der Waals surface area contributed by atoms with Crippen LogP contribution in [0.2, 0.25) is 5.02 Å². The standard InChI is InChI=1S/C8H11ClN2O/c9-7-5-10-11(6-7)8-3-1-2-4-12-8/h5-6,8H,1-4H2/t8-/m0/s1. The first-order valence-electron chi connectivity index (χ1n) is 4.17. The fraction of sp³-hybridized carbons (Fsp3) is 0.625. The molecule has 4 heteroatoms. The van der Waals surface area contributed by atoms with E-state index in [-0.39, 0.29) is 6.23 Å². The normalized spacial score (nSPS) is 24.2. The van der Waals surface area contributed by atoms with Crippen molar-refractivity contribution < 1.29 is 4.74 Å².